The Morgan fingerprint density at radius 3 is 2.79 bits per heavy atom. The Labute approximate surface area is 157 Å². The van der Waals surface area contributed by atoms with Crippen LogP contribution in [0.5, 0.6) is 0 Å². The first-order valence-electron chi connectivity index (χ1n) is 8.31. The van der Waals surface area contributed by atoms with Gasteiger partial charge in [0, 0.05) is 35.5 Å². The summed E-state index contributed by atoms with van der Waals surface area (Å²) in [5.41, 5.74) is 1.33. The summed E-state index contributed by atoms with van der Waals surface area (Å²) in [4.78, 5) is 27.7. The lowest BCUT2D eigenvalue weighted by Gasteiger charge is -2.10. The smallest absolute Gasteiger partial charge is 0.276 e. The summed E-state index contributed by atoms with van der Waals surface area (Å²) in [5.74, 6) is 0. The Balaban J connectivity index is 1.93. The zero-order valence-corrected chi connectivity index (χ0v) is 14.4. The van der Waals surface area contributed by atoms with E-state index < -0.39 is 4.92 Å². The van der Waals surface area contributed by atoms with E-state index in [1.807, 2.05) is 0 Å². The van der Waals surface area contributed by atoms with Crippen LogP contribution in [0.3, 0.4) is 0 Å². The standard InChI is InChI=1S/C19H13N5O4/c25-19-16-7-2-8-20-18(16)17(14-5-1-6-15(10-14)24(27)28)21-23(19)12-13-4-3-9-22(26)11-13/h1-11H,12H2. The van der Waals surface area contributed by atoms with Crippen LogP contribution >= 0.6 is 0 Å². The van der Waals surface area contributed by atoms with Crippen LogP contribution in [0.1, 0.15) is 5.56 Å². The molecule has 0 aliphatic heterocycles. The van der Waals surface area contributed by atoms with Gasteiger partial charge < -0.3 is 5.21 Å². The molecule has 0 aliphatic carbocycles. The molecule has 1 aromatic carbocycles. The highest BCUT2D eigenvalue weighted by atomic mass is 16.6. The molecule has 0 amide bonds. The normalized spacial score (nSPS) is 10.9. The topological polar surface area (TPSA) is 118 Å². The second-order valence-corrected chi connectivity index (χ2v) is 6.09. The number of nitro benzene ring substituents is 1. The second kappa shape index (κ2) is 6.88. The first-order chi connectivity index (χ1) is 13.5. The predicted molar refractivity (Wildman–Crippen MR) is 100 cm³/mol. The van der Waals surface area contributed by atoms with Crippen molar-refractivity contribution in [2.24, 2.45) is 0 Å². The van der Waals surface area contributed by atoms with Gasteiger partial charge in [-0.25, -0.2) is 4.68 Å². The van der Waals surface area contributed by atoms with Crippen LogP contribution in [-0.4, -0.2) is 19.7 Å². The fraction of sp³-hybridized carbons (Fsp3) is 0.0526. The molecule has 9 nitrogen and oxygen atoms in total. The van der Waals surface area contributed by atoms with Crippen LogP contribution in [0.25, 0.3) is 22.2 Å². The van der Waals surface area contributed by atoms with Crippen LogP contribution in [0, 0.1) is 15.3 Å². The summed E-state index contributed by atoms with van der Waals surface area (Å²) < 4.78 is 1.87. The molecule has 3 heterocycles. The van der Waals surface area contributed by atoms with E-state index in [1.165, 1.54) is 35.4 Å². The Kier molecular flexibility index (Phi) is 4.24. The quantitative estimate of drug-likeness (QED) is 0.233. The van der Waals surface area contributed by atoms with Crippen molar-refractivity contribution in [1.82, 2.24) is 14.8 Å². The zero-order chi connectivity index (χ0) is 19.7. The number of non-ortho nitro benzene ring substituents is 1. The Morgan fingerprint density at radius 1 is 1.14 bits per heavy atom. The number of nitro groups is 1. The molecule has 0 aliphatic rings. The first-order valence-corrected chi connectivity index (χ1v) is 8.31. The molecule has 0 unspecified atom stereocenters. The van der Waals surface area contributed by atoms with Crippen LogP contribution in [-0.2, 0) is 6.54 Å². The number of hydrogen-bond acceptors (Lipinski definition) is 6. The first kappa shape index (κ1) is 17.3. The lowest BCUT2D eigenvalue weighted by atomic mass is 10.1. The lowest BCUT2D eigenvalue weighted by Crippen LogP contribution is -2.28. The Hall–Kier alpha value is -4.14. The molecule has 9 heteroatoms. The van der Waals surface area contributed by atoms with Gasteiger partial charge in [0.1, 0.15) is 11.2 Å². The molecule has 4 rings (SSSR count). The van der Waals surface area contributed by atoms with E-state index in [9.17, 15) is 20.1 Å². The molecule has 0 N–H and O–H groups in total. The SMILES string of the molecule is O=c1c2cccnc2c(-c2cccc([N+](=O)[O-])c2)nn1Cc1ccc[n+]([O-])c1. The summed E-state index contributed by atoms with van der Waals surface area (Å²) in [5, 5.41) is 27.4. The molecular weight excluding hydrogens is 362 g/mol. The third kappa shape index (κ3) is 3.16. The van der Waals surface area contributed by atoms with Crippen molar-refractivity contribution >= 4 is 16.6 Å². The minimum Gasteiger partial charge on any atom is -0.619 e. The van der Waals surface area contributed by atoms with E-state index in [2.05, 4.69) is 10.1 Å². The average Bonchev–Trinajstić information content (AvgIpc) is 2.70. The molecule has 0 atom stereocenters. The van der Waals surface area contributed by atoms with Gasteiger partial charge in [0.25, 0.3) is 11.2 Å². The van der Waals surface area contributed by atoms with E-state index >= 15 is 0 Å². The summed E-state index contributed by atoms with van der Waals surface area (Å²) in [6, 6.07) is 12.6. The van der Waals surface area contributed by atoms with Crippen molar-refractivity contribution in [2.45, 2.75) is 6.54 Å². The van der Waals surface area contributed by atoms with Crippen molar-refractivity contribution < 1.29 is 9.65 Å². The van der Waals surface area contributed by atoms with Crippen molar-refractivity contribution in [3.63, 3.8) is 0 Å². The van der Waals surface area contributed by atoms with E-state index in [0.29, 0.717) is 32.5 Å². The van der Waals surface area contributed by atoms with Gasteiger partial charge in [0.2, 0.25) is 0 Å². The van der Waals surface area contributed by atoms with Crippen molar-refractivity contribution in [1.29, 1.82) is 0 Å². The number of hydrogen-bond donors (Lipinski definition) is 0. The number of pyridine rings is 2. The average molecular weight is 375 g/mol. The van der Waals surface area contributed by atoms with Crippen LogP contribution in [0.15, 0.2) is 71.9 Å². The van der Waals surface area contributed by atoms with Gasteiger partial charge in [-0.2, -0.15) is 9.83 Å². The molecule has 0 saturated carbocycles. The molecule has 0 spiro atoms. The van der Waals surface area contributed by atoms with Crippen molar-refractivity contribution in [3.05, 3.63) is 98.4 Å². The molecule has 0 saturated heterocycles. The highest BCUT2D eigenvalue weighted by Gasteiger charge is 2.16. The minimum atomic E-state index is -0.494. The third-order valence-corrected chi connectivity index (χ3v) is 4.22. The van der Waals surface area contributed by atoms with E-state index in [1.54, 1.807) is 36.4 Å². The van der Waals surface area contributed by atoms with Gasteiger partial charge in [0.05, 0.1) is 16.9 Å². The summed E-state index contributed by atoms with van der Waals surface area (Å²) in [6.07, 6.45) is 4.24. The van der Waals surface area contributed by atoms with Crippen LogP contribution in [0.2, 0.25) is 0 Å². The van der Waals surface area contributed by atoms with Crippen LogP contribution in [0.4, 0.5) is 5.69 Å². The maximum absolute atomic E-state index is 12.8. The Morgan fingerprint density at radius 2 is 2.00 bits per heavy atom. The molecular formula is C19H13N5O4. The van der Waals surface area contributed by atoms with E-state index in [4.69, 9.17) is 0 Å². The van der Waals surface area contributed by atoms with Gasteiger partial charge >= 0.3 is 0 Å². The van der Waals surface area contributed by atoms with Gasteiger partial charge in [-0.3, -0.25) is 19.9 Å². The second-order valence-electron chi connectivity index (χ2n) is 6.09. The van der Waals surface area contributed by atoms with Crippen molar-refractivity contribution in [3.8, 4) is 11.3 Å². The molecule has 0 radical (unpaired) electrons. The summed E-state index contributed by atoms with van der Waals surface area (Å²) in [7, 11) is 0. The number of fused-ring (bicyclic) bond motifs is 1. The van der Waals surface area contributed by atoms with E-state index in [0.717, 1.165) is 0 Å². The number of rotatable bonds is 4. The molecule has 0 bridgehead atoms. The van der Waals surface area contributed by atoms with Gasteiger partial charge in [-0.15, -0.1) is 0 Å². The minimum absolute atomic E-state index is 0.0781. The molecule has 3 aromatic heterocycles. The highest BCUT2D eigenvalue weighted by Crippen LogP contribution is 2.26. The van der Waals surface area contributed by atoms with E-state index in [-0.39, 0.29) is 17.8 Å². The van der Waals surface area contributed by atoms with Gasteiger partial charge in [-0.05, 0) is 18.2 Å². The lowest BCUT2D eigenvalue weighted by molar-refractivity contribution is -0.605. The van der Waals surface area contributed by atoms with Gasteiger partial charge in [0.15, 0.2) is 12.4 Å². The Bertz CT molecular complexity index is 1270. The number of aromatic nitrogens is 4. The highest BCUT2D eigenvalue weighted by molar-refractivity contribution is 5.90. The predicted octanol–water partition coefficient (Wildman–Crippen LogP) is 2.05. The third-order valence-electron chi connectivity index (χ3n) is 4.22. The van der Waals surface area contributed by atoms with Gasteiger partial charge in [-0.1, -0.05) is 12.1 Å². The number of benzene rings is 1. The maximum Gasteiger partial charge on any atom is 0.276 e. The molecule has 28 heavy (non-hydrogen) atoms. The zero-order valence-electron chi connectivity index (χ0n) is 14.4. The van der Waals surface area contributed by atoms with Crippen LogP contribution < -0.4 is 10.3 Å². The molecule has 0 fully saturated rings. The summed E-state index contributed by atoms with van der Waals surface area (Å²) >= 11 is 0. The number of nitrogens with zero attached hydrogens (tertiary/aromatic N) is 5. The maximum atomic E-state index is 12.8. The molecule has 4 aromatic rings. The largest absolute Gasteiger partial charge is 0.619 e. The fourth-order valence-corrected chi connectivity index (χ4v) is 2.95. The molecule has 138 valence electrons. The fourth-order valence-electron chi connectivity index (χ4n) is 2.95. The van der Waals surface area contributed by atoms with Crippen molar-refractivity contribution in [2.75, 3.05) is 0 Å². The summed E-state index contributed by atoms with van der Waals surface area (Å²) in [6.45, 7) is 0.0781. The monoisotopic (exact) mass is 375 g/mol.